The predicted octanol–water partition coefficient (Wildman–Crippen LogP) is 2.63. The zero-order chi connectivity index (χ0) is 21.6. The summed E-state index contributed by atoms with van der Waals surface area (Å²) >= 11 is 0. The number of halogens is 2. The zero-order valence-electron chi connectivity index (χ0n) is 16.4. The van der Waals surface area contributed by atoms with Gasteiger partial charge in [0.15, 0.2) is 0 Å². The van der Waals surface area contributed by atoms with E-state index in [1.54, 1.807) is 18.2 Å². The lowest BCUT2D eigenvalue weighted by Gasteiger charge is -2.39. The molecule has 3 amide bonds. The Morgan fingerprint density at radius 1 is 1.03 bits per heavy atom. The average molecular weight is 442 g/mol. The van der Waals surface area contributed by atoms with Crippen LogP contribution in [0.2, 0.25) is 0 Å². The number of carbonyl (C=O) groups is 2. The number of amides is 3. The number of hydrogen-bond donors (Lipinski definition) is 2. The Labute approximate surface area is 174 Å². The summed E-state index contributed by atoms with van der Waals surface area (Å²) in [6, 6.07) is 6.73. The van der Waals surface area contributed by atoms with Gasteiger partial charge in [-0.15, -0.1) is 0 Å². The highest BCUT2D eigenvalue weighted by Crippen LogP contribution is 2.42. The van der Waals surface area contributed by atoms with Crippen LogP contribution in [0.25, 0.3) is 0 Å². The second-order valence-corrected chi connectivity index (χ2v) is 10.3. The van der Waals surface area contributed by atoms with Crippen molar-refractivity contribution in [2.75, 3.05) is 6.54 Å². The van der Waals surface area contributed by atoms with Gasteiger partial charge >= 0.3 is 6.03 Å². The molecule has 3 aliphatic rings. The van der Waals surface area contributed by atoms with Gasteiger partial charge in [0.1, 0.15) is 5.54 Å². The van der Waals surface area contributed by atoms with Gasteiger partial charge in [-0.05, 0) is 37.8 Å². The normalized spacial score (nSPS) is 29.4. The number of alkyl halides is 2. The SMILES string of the molecule is O=C1NC(=O)C2(CCCC2CN(C2CCC(F)(F)CC2)S(=O)(=O)c2ccccc2)N1. The first-order chi connectivity index (χ1) is 14.1. The van der Waals surface area contributed by atoms with Gasteiger partial charge in [-0.2, -0.15) is 4.31 Å². The van der Waals surface area contributed by atoms with E-state index >= 15 is 0 Å². The van der Waals surface area contributed by atoms with E-state index in [0.29, 0.717) is 19.3 Å². The van der Waals surface area contributed by atoms with Gasteiger partial charge in [-0.25, -0.2) is 22.0 Å². The zero-order valence-corrected chi connectivity index (χ0v) is 17.3. The van der Waals surface area contributed by atoms with Gasteiger partial charge < -0.3 is 5.32 Å². The Kier molecular flexibility index (Phi) is 5.34. The molecular formula is C20H25F2N3O4S. The van der Waals surface area contributed by atoms with Crippen LogP contribution in [-0.4, -0.2) is 48.7 Å². The van der Waals surface area contributed by atoms with Gasteiger partial charge in [0, 0.05) is 31.3 Å². The molecule has 1 heterocycles. The molecule has 7 nitrogen and oxygen atoms in total. The molecule has 1 aromatic carbocycles. The van der Waals surface area contributed by atoms with Crippen molar-refractivity contribution in [3.05, 3.63) is 30.3 Å². The first-order valence-electron chi connectivity index (χ1n) is 10.2. The Bertz CT molecular complexity index is 931. The molecule has 2 N–H and O–H groups in total. The third kappa shape index (κ3) is 3.71. The molecule has 2 atom stereocenters. The summed E-state index contributed by atoms with van der Waals surface area (Å²) in [5.41, 5.74) is -1.14. The van der Waals surface area contributed by atoms with E-state index in [0.717, 1.165) is 0 Å². The molecule has 2 aliphatic carbocycles. The number of carbonyl (C=O) groups excluding carboxylic acids is 2. The summed E-state index contributed by atoms with van der Waals surface area (Å²) in [4.78, 5) is 24.4. The number of imide groups is 1. The smallest absolute Gasteiger partial charge is 0.322 e. The predicted molar refractivity (Wildman–Crippen MR) is 104 cm³/mol. The van der Waals surface area contributed by atoms with Crippen molar-refractivity contribution in [1.82, 2.24) is 14.9 Å². The van der Waals surface area contributed by atoms with E-state index in [4.69, 9.17) is 0 Å². The molecule has 2 unspecified atom stereocenters. The monoisotopic (exact) mass is 441 g/mol. The molecule has 3 fully saturated rings. The van der Waals surface area contributed by atoms with E-state index in [-0.39, 0.29) is 37.1 Å². The number of benzene rings is 1. The van der Waals surface area contributed by atoms with Crippen molar-refractivity contribution in [3.8, 4) is 0 Å². The van der Waals surface area contributed by atoms with Crippen LogP contribution in [0.4, 0.5) is 13.6 Å². The first-order valence-corrected chi connectivity index (χ1v) is 11.7. The molecule has 30 heavy (non-hydrogen) atoms. The lowest BCUT2D eigenvalue weighted by atomic mass is 9.86. The van der Waals surface area contributed by atoms with Gasteiger partial charge in [0.2, 0.25) is 15.9 Å². The summed E-state index contributed by atoms with van der Waals surface area (Å²) in [7, 11) is -3.96. The summed E-state index contributed by atoms with van der Waals surface area (Å²) in [5.74, 6) is -3.65. The Morgan fingerprint density at radius 3 is 2.30 bits per heavy atom. The van der Waals surface area contributed by atoms with Crippen molar-refractivity contribution in [2.45, 2.75) is 67.3 Å². The molecular weight excluding hydrogens is 416 g/mol. The van der Waals surface area contributed by atoms with Gasteiger partial charge in [-0.3, -0.25) is 10.1 Å². The maximum Gasteiger partial charge on any atom is 0.322 e. The van der Waals surface area contributed by atoms with Crippen molar-refractivity contribution in [2.24, 2.45) is 5.92 Å². The molecule has 2 saturated carbocycles. The number of hydrogen-bond acceptors (Lipinski definition) is 4. The Balaban J connectivity index is 1.66. The van der Waals surface area contributed by atoms with Crippen LogP contribution in [0, 0.1) is 5.92 Å². The molecule has 164 valence electrons. The van der Waals surface area contributed by atoms with Crippen LogP contribution >= 0.6 is 0 Å². The molecule has 10 heteroatoms. The molecule has 0 aromatic heterocycles. The van der Waals surface area contributed by atoms with E-state index in [2.05, 4.69) is 10.6 Å². The van der Waals surface area contributed by atoms with Gasteiger partial charge in [0.25, 0.3) is 5.91 Å². The van der Waals surface area contributed by atoms with Gasteiger partial charge in [-0.1, -0.05) is 24.6 Å². The molecule has 1 spiro atoms. The van der Waals surface area contributed by atoms with Crippen LogP contribution in [0.5, 0.6) is 0 Å². The maximum atomic E-state index is 13.7. The van der Waals surface area contributed by atoms with Crippen molar-refractivity contribution in [1.29, 1.82) is 0 Å². The lowest BCUT2D eigenvalue weighted by Crippen LogP contribution is -2.55. The molecule has 1 saturated heterocycles. The molecule has 1 aromatic rings. The second kappa shape index (κ2) is 7.56. The highest BCUT2D eigenvalue weighted by Gasteiger charge is 2.55. The van der Waals surface area contributed by atoms with Gasteiger partial charge in [0.05, 0.1) is 4.90 Å². The minimum atomic E-state index is -3.96. The van der Waals surface area contributed by atoms with Crippen LogP contribution in [0.1, 0.15) is 44.9 Å². The van der Waals surface area contributed by atoms with Crippen LogP contribution in [-0.2, 0) is 14.8 Å². The molecule has 0 bridgehead atoms. The van der Waals surface area contributed by atoms with E-state index < -0.39 is 45.4 Å². The molecule has 0 radical (unpaired) electrons. The number of urea groups is 1. The summed E-state index contributed by atoms with van der Waals surface area (Å²) in [6.07, 6.45) is 1.03. The number of rotatable bonds is 5. The number of sulfonamides is 1. The van der Waals surface area contributed by atoms with Crippen molar-refractivity contribution in [3.63, 3.8) is 0 Å². The van der Waals surface area contributed by atoms with Crippen LogP contribution < -0.4 is 10.6 Å². The fraction of sp³-hybridized carbons (Fsp3) is 0.600. The van der Waals surface area contributed by atoms with Crippen LogP contribution in [0.15, 0.2) is 35.2 Å². The Hall–Kier alpha value is -2.07. The summed E-state index contributed by atoms with van der Waals surface area (Å²) in [5, 5.41) is 4.96. The quantitative estimate of drug-likeness (QED) is 0.687. The maximum absolute atomic E-state index is 13.7. The van der Waals surface area contributed by atoms with Crippen molar-refractivity contribution >= 4 is 22.0 Å². The van der Waals surface area contributed by atoms with E-state index in [9.17, 15) is 26.8 Å². The van der Waals surface area contributed by atoms with Crippen LogP contribution in [0.3, 0.4) is 0 Å². The minimum absolute atomic E-state index is 0.00116. The highest BCUT2D eigenvalue weighted by atomic mass is 32.2. The topological polar surface area (TPSA) is 95.6 Å². The fourth-order valence-electron chi connectivity index (χ4n) is 5.00. The lowest BCUT2D eigenvalue weighted by molar-refractivity contribution is -0.125. The fourth-order valence-corrected chi connectivity index (χ4v) is 6.75. The largest absolute Gasteiger partial charge is 0.323 e. The minimum Gasteiger partial charge on any atom is -0.323 e. The standard InChI is InChI=1S/C20H25F2N3O4S/c21-19(22)11-8-15(9-12-19)25(30(28,29)16-6-2-1-3-7-16)13-14-5-4-10-20(14)17(26)23-18(27)24-20/h1-3,6-7,14-15H,4-5,8-13H2,(H2,23,24,26,27). The summed E-state index contributed by atoms with van der Waals surface area (Å²) in [6.45, 7) is 0.00116. The number of nitrogens with one attached hydrogen (secondary N) is 2. The number of nitrogens with zero attached hydrogens (tertiary/aromatic N) is 1. The van der Waals surface area contributed by atoms with E-state index in [1.165, 1.54) is 16.4 Å². The molecule has 1 aliphatic heterocycles. The molecule has 4 rings (SSSR count). The summed E-state index contributed by atoms with van der Waals surface area (Å²) < 4.78 is 55.7. The third-order valence-electron chi connectivity index (χ3n) is 6.63. The average Bonchev–Trinajstić information content (AvgIpc) is 3.23. The van der Waals surface area contributed by atoms with Crippen molar-refractivity contribution < 1.29 is 26.8 Å². The first kappa shape index (κ1) is 21.2. The second-order valence-electron chi connectivity index (χ2n) is 8.44. The third-order valence-corrected chi connectivity index (χ3v) is 8.57. The van der Waals surface area contributed by atoms with E-state index in [1.807, 2.05) is 0 Å². The Morgan fingerprint density at radius 2 is 1.70 bits per heavy atom. The highest BCUT2D eigenvalue weighted by molar-refractivity contribution is 7.89.